The Morgan fingerprint density at radius 3 is 2.65 bits per heavy atom. The van der Waals surface area contributed by atoms with E-state index in [0.717, 1.165) is 30.4 Å². The maximum atomic E-state index is 13.5. The Labute approximate surface area is 133 Å². The van der Waals surface area contributed by atoms with Gasteiger partial charge in [-0.25, -0.2) is 9.18 Å². The fourth-order valence-electron chi connectivity index (χ4n) is 2.49. The van der Waals surface area contributed by atoms with Gasteiger partial charge in [-0.05, 0) is 42.5 Å². The number of urea groups is 1. The van der Waals surface area contributed by atoms with Crippen molar-refractivity contribution in [3.8, 4) is 5.75 Å². The molecule has 1 unspecified atom stereocenters. The SMILES string of the molecule is COc1ccc(C(NC(=O)Nc2ccncc2F)C2CC2)cc1. The van der Waals surface area contributed by atoms with Crippen molar-refractivity contribution in [1.29, 1.82) is 0 Å². The monoisotopic (exact) mass is 315 g/mol. The van der Waals surface area contributed by atoms with Crippen molar-refractivity contribution in [3.63, 3.8) is 0 Å². The zero-order chi connectivity index (χ0) is 16.2. The largest absolute Gasteiger partial charge is 0.497 e. The molecule has 0 radical (unpaired) electrons. The molecule has 0 saturated heterocycles. The quantitative estimate of drug-likeness (QED) is 0.887. The van der Waals surface area contributed by atoms with E-state index < -0.39 is 11.8 Å². The molecule has 1 aliphatic carbocycles. The number of benzene rings is 1. The van der Waals surface area contributed by atoms with Crippen LogP contribution >= 0.6 is 0 Å². The molecule has 23 heavy (non-hydrogen) atoms. The molecule has 2 amide bonds. The number of halogens is 1. The van der Waals surface area contributed by atoms with Gasteiger partial charge in [0.2, 0.25) is 0 Å². The Kier molecular flexibility index (Phi) is 4.41. The van der Waals surface area contributed by atoms with Crippen molar-refractivity contribution in [2.45, 2.75) is 18.9 Å². The van der Waals surface area contributed by atoms with Crippen LogP contribution in [-0.2, 0) is 0 Å². The Morgan fingerprint density at radius 1 is 1.30 bits per heavy atom. The van der Waals surface area contributed by atoms with E-state index in [4.69, 9.17) is 4.74 Å². The molecule has 1 aliphatic rings. The van der Waals surface area contributed by atoms with E-state index in [1.54, 1.807) is 7.11 Å². The first-order valence-corrected chi connectivity index (χ1v) is 7.48. The average molecular weight is 315 g/mol. The van der Waals surface area contributed by atoms with Gasteiger partial charge in [0.05, 0.1) is 25.0 Å². The minimum atomic E-state index is -0.560. The summed E-state index contributed by atoms with van der Waals surface area (Å²) in [5, 5.41) is 5.46. The lowest BCUT2D eigenvalue weighted by Crippen LogP contribution is -2.33. The van der Waals surface area contributed by atoms with Crippen LogP contribution < -0.4 is 15.4 Å². The van der Waals surface area contributed by atoms with Gasteiger partial charge in [0, 0.05) is 6.20 Å². The molecule has 1 fully saturated rings. The Bertz CT molecular complexity index is 686. The van der Waals surface area contributed by atoms with Crippen LogP contribution in [0.4, 0.5) is 14.9 Å². The molecule has 1 aromatic heterocycles. The Morgan fingerprint density at radius 2 is 2.04 bits per heavy atom. The van der Waals surface area contributed by atoms with E-state index >= 15 is 0 Å². The smallest absolute Gasteiger partial charge is 0.319 e. The number of carbonyl (C=O) groups is 1. The lowest BCUT2D eigenvalue weighted by molar-refractivity contribution is 0.247. The molecular weight excluding hydrogens is 297 g/mol. The summed E-state index contributed by atoms with van der Waals surface area (Å²) >= 11 is 0. The highest BCUT2D eigenvalue weighted by molar-refractivity contribution is 5.89. The summed E-state index contributed by atoms with van der Waals surface area (Å²) < 4.78 is 18.7. The van der Waals surface area contributed by atoms with Crippen molar-refractivity contribution in [3.05, 3.63) is 54.1 Å². The topological polar surface area (TPSA) is 63.2 Å². The van der Waals surface area contributed by atoms with Gasteiger partial charge in [-0.3, -0.25) is 4.98 Å². The second kappa shape index (κ2) is 6.64. The van der Waals surface area contributed by atoms with Gasteiger partial charge >= 0.3 is 6.03 Å². The molecule has 0 bridgehead atoms. The molecule has 2 aromatic rings. The predicted octanol–water partition coefficient (Wildman–Crippen LogP) is 3.50. The van der Waals surface area contributed by atoms with Gasteiger partial charge in [0.25, 0.3) is 0 Å². The number of ether oxygens (including phenoxy) is 1. The second-order valence-corrected chi connectivity index (χ2v) is 5.54. The number of hydrogen-bond donors (Lipinski definition) is 2. The fraction of sp³-hybridized carbons (Fsp3) is 0.294. The molecule has 0 aliphatic heterocycles. The molecule has 5 nitrogen and oxygen atoms in total. The molecule has 1 heterocycles. The first-order valence-electron chi connectivity index (χ1n) is 7.48. The maximum absolute atomic E-state index is 13.5. The van der Waals surface area contributed by atoms with E-state index in [1.807, 2.05) is 24.3 Å². The summed E-state index contributed by atoms with van der Waals surface area (Å²) in [5.41, 5.74) is 1.13. The molecule has 1 aromatic carbocycles. The highest BCUT2D eigenvalue weighted by Crippen LogP contribution is 2.41. The zero-order valence-electron chi connectivity index (χ0n) is 12.8. The average Bonchev–Trinajstić information content (AvgIpc) is 3.40. The molecule has 6 heteroatoms. The van der Waals surface area contributed by atoms with E-state index in [9.17, 15) is 9.18 Å². The highest BCUT2D eigenvalue weighted by atomic mass is 19.1. The molecule has 1 atom stereocenters. The van der Waals surface area contributed by atoms with Gasteiger partial charge in [-0.1, -0.05) is 12.1 Å². The number of anilines is 1. The van der Waals surface area contributed by atoms with Crippen LogP contribution in [0.5, 0.6) is 5.75 Å². The van der Waals surface area contributed by atoms with Gasteiger partial charge in [0.15, 0.2) is 5.82 Å². The van der Waals surface area contributed by atoms with Crippen molar-refractivity contribution in [2.24, 2.45) is 5.92 Å². The normalized spacial score (nSPS) is 14.9. The van der Waals surface area contributed by atoms with Gasteiger partial charge in [-0.2, -0.15) is 0 Å². The third-order valence-electron chi connectivity index (χ3n) is 3.88. The molecule has 0 spiro atoms. The van der Waals surface area contributed by atoms with Gasteiger partial charge in [-0.15, -0.1) is 0 Å². The number of methoxy groups -OCH3 is 1. The molecular formula is C17H18FN3O2. The zero-order valence-corrected chi connectivity index (χ0v) is 12.8. The number of nitrogens with one attached hydrogen (secondary N) is 2. The van der Waals surface area contributed by atoms with E-state index in [1.165, 1.54) is 12.3 Å². The van der Waals surface area contributed by atoms with Gasteiger partial charge in [0.1, 0.15) is 5.75 Å². The maximum Gasteiger partial charge on any atom is 0.319 e. The number of carbonyl (C=O) groups excluding carboxylic acids is 1. The minimum Gasteiger partial charge on any atom is -0.497 e. The third-order valence-corrected chi connectivity index (χ3v) is 3.88. The summed E-state index contributed by atoms with van der Waals surface area (Å²) in [7, 11) is 1.61. The second-order valence-electron chi connectivity index (χ2n) is 5.54. The Balaban J connectivity index is 1.69. The van der Waals surface area contributed by atoms with Crippen LogP contribution in [0.3, 0.4) is 0 Å². The number of nitrogens with zero attached hydrogens (tertiary/aromatic N) is 1. The number of aromatic nitrogens is 1. The first kappa shape index (κ1) is 15.3. The summed E-state index contributed by atoms with van der Waals surface area (Å²) in [5.74, 6) is 0.623. The van der Waals surface area contributed by atoms with Crippen molar-refractivity contribution in [2.75, 3.05) is 12.4 Å². The van der Waals surface area contributed by atoms with Crippen molar-refractivity contribution >= 4 is 11.7 Å². The van der Waals surface area contributed by atoms with Crippen LogP contribution in [0.2, 0.25) is 0 Å². The fourth-order valence-corrected chi connectivity index (χ4v) is 2.49. The molecule has 3 rings (SSSR count). The Hall–Kier alpha value is -2.63. The van der Waals surface area contributed by atoms with Crippen LogP contribution in [-0.4, -0.2) is 18.1 Å². The third kappa shape index (κ3) is 3.77. The van der Waals surface area contributed by atoms with E-state index in [-0.39, 0.29) is 11.7 Å². The van der Waals surface area contributed by atoms with Crippen LogP contribution in [0.15, 0.2) is 42.7 Å². The number of pyridine rings is 1. The summed E-state index contributed by atoms with van der Waals surface area (Å²) in [6.07, 6.45) is 4.64. The number of hydrogen-bond acceptors (Lipinski definition) is 3. The summed E-state index contributed by atoms with van der Waals surface area (Å²) in [6, 6.07) is 8.52. The van der Waals surface area contributed by atoms with Crippen molar-refractivity contribution in [1.82, 2.24) is 10.3 Å². The minimum absolute atomic E-state index is 0.0918. The summed E-state index contributed by atoms with van der Waals surface area (Å²) in [4.78, 5) is 15.8. The number of amides is 2. The van der Waals surface area contributed by atoms with E-state index in [0.29, 0.717) is 5.92 Å². The summed E-state index contributed by atoms with van der Waals surface area (Å²) in [6.45, 7) is 0. The lowest BCUT2D eigenvalue weighted by atomic mass is 10.0. The van der Waals surface area contributed by atoms with Gasteiger partial charge < -0.3 is 15.4 Å². The van der Waals surface area contributed by atoms with E-state index in [2.05, 4.69) is 15.6 Å². The highest BCUT2D eigenvalue weighted by Gasteiger charge is 2.33. The van der Waals surface area contributed by atoms with Crippen LogP contribution in [0.1, 0.15) is 24.4 Å². The van der Waals surface area contributed by atoms with Crippen molar-refractivity contribution < 1.29 is 13.9 Å². The molecule has 1 saturated carbocycles. The number of rotatable bonds is 5. The predicted molar refractivity (Wildman–Crippen MR) is 84.8 cm³/mol. The molecule has 120 valence electrons. The standard InChI is InChI=1S/C17H18FN3O2/c1-23-13-6-4-12(5-7-13)16(11-2-3-11)21-17(22)20-15-8-9-19-10-14(15)18/h4-11,16H,2-3H2,1H3,(H2,19,20,21,22). The first-order chi connectivity index (χ1) is 11.2. The lowest BCUT2D eigenvalue weighted by Gasteiger charge is -2.19. The van der Waals surface area contributed by atoms with Crippen LogP contribution in [0.25, 0.3) is 0 Å². The van der Waals surface area contributed by atoms with Crippen LogP contribution in [0, 0.1) is 11.7 Å². The molecule has 2 N–H and O–H groups in total.